The predicted molar refractivity (Wildman–Crippen MR) is 134 cm³/mol. The summed E-state index contributed by atoms with van der Waals surface area (Å²) in [6, 6.07) is 9.54. The molecule has 1 N–H and O–H groups in total. The van der Waals surface area contributed by atoms with Gasteiger partial charge in [-0.2, -0.15) is 10.5 Å². The summed E-state index contributed by atoms with van der Waals surface area (Å²) in [5, 5.41) is 21.4. The van der Waals surface area contributed by atoms with Gasteiger partial charge < -0.3 is 19.9 Å². The van der Waals surface area contributed by atoms with Gasteiger partial charge in [0.25, 0.3) is 0 Å². The van der Waals surface area contributed by atoms with Gasteiger partial charge in [-0.1, -0.05) is 12.1 Å². The monoisotopic (exact) mass is 506 g/mol. The van der Waals surface area contributed by atoms with E-state index in [1.807, 2.05) is 34.9 Å². The van der Waals surface area contributed by atoms with Crippen LogP contribution in [-0.4, -0.2) is 82.0 Å². The van der Waals surface area contributed by atoms with Crippen molar-refractivity contribution < 1.29 is 19.1 Å². The fourth-order valence-electron chi connectivity index (χ4n) is 5.66. The molecule has 0 radical (unpaired) electrons. The normalized spacial score (nSPS) is 24.9. The van der Waals surface area contributed by atoms with Crippen LogP contribution >= 0.6 is 0 Å². The highest BCUT2D eigenvalue weighted by Gasteiger charge is 2.52. The molecule has 3 saturated heterocycles. The smallest absolute Gasteiger partial charge is 0.408 e. The summed E-state index contributed by atoms with van der Waals surface area (Å²) in [7, 11) is 0. The van der Waals surface area contributed by atoms with Crippen molar-refractivity contribution in [3.63, 3.8) is 0 Å². The molecule has 37 heavy (non-hydrogen) atoms. The Labute approximate surface area is 217 Å². The number of likely N-dealkylation sites (tertiary alicyclic amines) is 3. The number of piperazine rings is 1. The van der Waals surface area contributed by atoms with Crippen molar-refractivity contribution in [2.45, 2.75) is 82.8 Å². The second kappa shape index (κ2) is 10.4. The number of nitrogens with one attached hydrogen (secondary N) is 1. The molecule has 1 aromatic rings. The van der Waals surface area contributed by atoms with E-state index in [4.69, 9.17) is 4.74 Å². The second-order valence-electron chi connectivity index (χ2n) is 11.0. The largest absolute Gasteiger partial charge is 0.444 e. The zero-order valence-corrected chi connectivity index (χ0v) is 21.8. The number of ether oxygens (including phenoxy) is 1. The van der Waals surface area contributed by atoms with E-state index in [2.05, 4.69) is 17.5 Å². The van der Waals surface area contributed by atoms with Gasteiger partial charge in [-0.05, 0) is 64.7 Å². The first-order chi connectivity index (χ1) is 17.5. The van der Waals surface area contributed by atoms with Crippen LogP contribution in [0.1, 0.15) is 64.1 Å². The molecule has 3 aliphatic heterocycles. The van der Waals surface area contributed by atoms with Crippen LogP contribution < -0.4 is 5.32 Å². The molecule has 2 bridgehead atoms. The summed E-state index contributed by atoms with van der Waals surface area (Å²) in [4.78, 5) is 44.9. The SMILES string of the molecule is C[C@H](c1cccc(C#N)c1)N1C(=O)[C@@H]2C[C@H]1CN2C[C@H](NC(=O)OC(C)(C)C)C(=O)N1CCC[C@H]1C#N. The molecule has 1 aromatic carbocycles. The number of amides is 3. The fraction of sp³-hybridized carbons (Fsp3) is 0.593. The number of hydrogen-bond acceptors (Lipinski definition) is 7. The number of carbonyl (C=O) groups is 3. The van der Waals surface area contributed by atoms with Crippen molar-refractivity contribution in [2.24, 2.45) is 0 Å². The summed E-state index contributed by atoms with van der Waals surface area (Å²) in [5.74, 6) is -0.352. The van der Waals surface area contributed by atoms with Crippen molar-refractivity contribution >= 4 is 17.9 Å². The standard InChI is InChI=1S/C27H34N6O4/c1-17(19-8-5-7-18(11-19)13-28)33-21-12-23(25(33)35)31(15-21)16-22(30-26(36)37-27(2,3)4)24(34)32-10-6-9-20(32)14-29/h5,7-8,11,17,20-23H,6,9-10,12,15-16H2,1-4H3,(H,30,36)/t17-,20+,21+,22+,23+/m1/s1. The van der Waals surface area contributed by atoms with Crippen molar-refractivity contribution in [2.75, 3.05) is 19.6 Å². The minimum absolute atomic E-state index is 0.0225. The summed E-state index contributed by atoms with van der Waals surface area (Å²) >= 11 is 0. The highest BCUT2D eigenvalue weighted by Crippen LogP contribution is 2.38. The first-order valence-corrected chi connectivity index (χ1v) is 12.8. The van der Waals surface area contributed by atoms with Crippen LogP contribution in [0.3, 0.4) is 0 Å². The highest BCUT2D eigenvalue weighted by atomic mass is 16.6. The zero-order chi connectivity index (χ0) is 26.9. The van der Waals surface area contributed by atoms with Gasteiger partial charge in [-0.15, -0.1) is 0 Å². The Bertz CT molecular complexity index is 1150. The van der Waals surface area contributed by atoms with Crippen molar-refractivity contribution in [3.05, 3.63) is 35.4 Å². The van der Waals surface area contributed by atoms with Crippen LogP contribution in [0.4, 0.5) is 4.79 Å². The molecule has 196 valence electrons. The Hall–Kier alpha value is -3.63. The summed E-state index contributed by atoms with van der Waals surface area (Å²) in [5.41, 5.74) is 0.723. The van der Waals surface area contributed by atoms with Crippen LogP contribution in [0, 0.1) is 22.7 Å². The molecule has 10 nitrogen and oxygen atoms in total. The van der Waals surface area contributed by atoms with E-state index in [9.17, 15) is 24.9 Å². The van der Waals surface area contributed by atoms with E-state index in [1.54, 1.807) is 26.8 Å². The number of nitrogens with zero attached hydrogens (tertiary/aromatic N) is 5. The first kappa shape index (κ1) is 26.4. The third-order valence-corrected chi connectivity index (χ3v) is 7.32. The number of benzene rings is 1. The van der Waals surface area contributed by atoms with E-state index in [1.165, 1.54) is 4.90 Å². The Morgan fingerprint density at radius 3 is 2.68 bits per heavy atom. The van der Waals surface area contributed by atoms with Gasteiger partial charge in [-0.25, -0.2) is 4.79 Å². The van der Waals surface area contributed by atoms with Crippen LogP contribution in [-0.2, 0) is 14.3 Å². The van der Waals surface area contributed by atoms with Gasteiger partial charge >= 0.3 is 6.09 Å². The molecule has 3 fully saturated rings. The maximum absolute atomic E-state index is 13.5. The molecule has 0 aliphatic carbocycles. The number of fused-ring (bicyclic) bond motifs is 2. The number of nitriles is 2. The highest BCUT2D eigenvalue weighted by molar-refractivity contribution is 5.88. The number of hydrogen-bond donors (Lipinski definition) is 1. The molecular weight excluding hydrogens is 472 g/mol. The van der Waals surface area contributed by atoms with Crippen LogP contribution in [0.5, 0.6) is 0 Å². The molecule has 3 aliphatic rings. The van der Waals surface area contributed by atoms with E-state index in [0.717, 1.165) is 12.0 Å². The van der Waals surface area contributed by atoms with E-state index in [0.29, 0.717) is 31.5 Å². The molecule has 3 amide bonds. The maximum atomic E-state index is 13.5. The van der Waals surface area contributed by atoms with Crippen LogP contribution in [0.2, 0.25) is 0 Å². The average molecular weight is 507 g/mol. The molecule has 3 heterocycles. The fourth-order valence-corrected chi connectivity index (χ4v) is 5.66. The number of carbonyl (C=O) groups excluding carboxylic acids is 3. The summed E-state index contributed by atoms with van der Waals surface area (Å²) < 4.78 is 5.40. The molecule has 4 rings (SSSR count). The van der Waals surface area contributed by atoms with Gasteiger partial charge in [0.1, 0.15) is 17.7 Å². The molecule has 0 saturated carbocycles. The zero-order valence-electron chi connectivity index (χ0n) is 21.8. The Balaban J connectivity index is 1.48. The summed E-state index contributed by atoms with van der Waals surface area (Å²) in [6.45, 7) is 8.39. The first-order valence-electron chi connectivity index (χ1n) is 12.8. The molecule has 0 aromatic heterocycles. The molecule has 5 atom stereocenters. The lowest BCUT2D eigenvalue weighted by Gasteiger charge is -2.39. The van der Waals surface area contributed by atoms with E-state index >= 15 is 0 Å². The van der Waals surface area contributed by atoms with Gasteiger partial charge in [0.05, 0.1) is 29.8 Å². The van der Waals surface area contributed by atoms with Crippen molar-refractivity contribution in [3.8, 4) is 12.1 Å². The summed E-state index contributed by atoms with van der Waals surface area (Å²) in [6.07, 6.45) is 1.27. The molecule has 10 heteroatoms. The molecule has 0 unspecified atom stereocenters. The lowest BCUT2D eigenvalue weighted by atomic mass is 10.0. The van der Waals surface area contributed by atoms with Crippen LogP contribution in [0.15, 0.2) is 24.3 Å². The van der Waals surface area contributed by atoms with Gasteiger partial charge in [-0.3, -0.25) is 14.5 Å². The Morgan fingerprint density at radius 1 is 1.27 bits per heavy atom. The van der Waals surface area contributed by atoms with E-state index in [-0.39, 0.29) is 30.4 Å². The van der Waals surface area contributed by atoms with Gasteiger partial charge in [0.15, 0.2) is 0 Å². The second-order valence-corrected chi connectivity index (χ2v) is 11.0. The lowest BCUT2D eigenvalue weighted by Crippen LogP contribution is -2.59. The minimum Gasteiger partial charge on any atom is -0.444 e. The number of rotatable bonds is 6. The Kier molecular flexibility index (Phi) is 7.42. The van der Waals surface area contributed by atoms with Gasteiger partial charge in [0, 0.05) is 25.7 Å². The third kappa shape index (κ3) is 5.55. The van der Waals surface area contributed by atoms with Crippen molar-refractivity contribution in [1.82, 2.24) is 20.0 Å². The van der Waals surface area contributed by atoms with Gasteiger partial charge in [0.2, 0.25) is 11.8 Å². The topological polar surface area (TPSA) is 130 Å². The van der Waals surface area contributed by atoms with E-state index < -0.39 is 29.8 Å². The Morgan fingerprint density at radius 2 is 2.03 bits per heavy atom. The third-order valence-electron chi connectivity index (χ3n) is 7.32. The molecular formula is C27H34N6O4. The molecule has 0 spiro atoms. The minimum atomic E-state index is -0.936. The maximum Gasteiger partial charge on any atom is 0.408 e. The quantitative estimate of drug-likeness (QED) is 0.627. The predicted octanol–water partition coefficient (Wildman–Crippen LogP) is 2.31. The van der Waals surface area contributed by atoms with Crippen LogP contribution in [0.25, 0.3) is 0 Å². The number of alkyl carbamates (subject to hydrolysis) is 1. The average Bonchev–Trinajstić information content (AvgIpc) is 3.56. The van der Waals surface area contributed by atoms with Crippen molar-refractivity contribution in [1.29, 1.82) is 10.5 Å². The lowest BCUT2D eigenvalue weighted by molar-refractivity contribution is -0.141.